The minimum Gasteiger partial charge on any atom is -0.491 e. The van der Waals surface area contributed by atoms with Crippen LogP contribution >= 0.6 is 0 Å². The lowest BCUT2D eigenvalue weighted by Gasteiger charge is -2.28. The van der Waals surface area contributed by atoms with Crippen molar-refractivity contribution < 1.29 is 4.74 Å². The molecule has 0 radical (unpaired) electrons. The smallest absolute Gasteiger partial charge is 0.119 e. The lowest BCUT2D eigenvalue weighted by atomic mass is 9.87. The zero-order valence-corrected chi connectivity index (χ0v) is 11.8. The average molecular weight is 247 g/mol. The molecule has 1 aromatic rings. The molecule has 1 N–H and O–H groups in total. The molecule has 18 heavy (non-hydrogen) atoms. The molecule has 1 heterocycles. The molecule has 0 spiro atoms. The average Bonchev–Trinajstić information content (AvgIpc) is 2.78. The van der Waals surface area contributed by atoms with E-state index in [0.29, 0.717) is 5.54 Å². The number of hydrogen-bond donors (Lipinski definition) is 1. The summed E-state index contributed by atoms with van der Waals surface area (Å²) >= 11 is 0. The predicted molar refractivity (Wildman–Crippen MR) is 76.2 cm³/mol. The van der Waals surface area contributed by atoms with Crippen molar-refractivity contribution in [2.45, 2.75) is 58.1 Å². The molecular formula is C16H25NO. The third-order valence-corrected chi connectivity index (χ3v) is 3.82. The van der Waals surface area contributed by atoms with Crippen LogP contribution in [0, 0.1) is 0 Å². The molecule has 1 saturated heterocycles. The van der Waals surface area contributed by atoms with Crippen LogP contribution in [0.5, 0.6) is 5.75 Å². The molecule has 1 unspecified atom stereocenters. The third-order valence-electron chi connectivity index (χ3n) is 3.82. The van der Waals surface area contributed by atoms with E-state index in [1.54, 1.807) is 0 Å². The standard InChI is InChI=1S/C16H25NO/c1-4-16(9-6-10-17-16)12-14-7-5-8-15(11-14)18-13(2)3/h5,7-8,11,13,17H,4,6,9-10,12H2,1-3H3. The number of nitrogens with one attached hydrogen (secondary N) is 1. The molecule has 1 aromatic carbocycles. The van der Waals surface area contributed by atoms with E-state index in [2.05, 4.69) is 44.3 Å². The zero-order chi connectivity index (χ0) is 13.0. The van der Waals surface area contributed by atoms with Crippen molar-refractivity contribution in [1.29, 1.82) is 0 Å². The van der Waals surface area contributed by atoms with Gasteiger partial charge in [0.05, 0.1) is 6.10 Å². The fourth-order valence-electron chi connectivity index (χ4n) is 2.84. The molecule has 100 valence electrons. The molecule has 1 aliphatic rings. The summed E-state index contributed by atoms with van der Waals surface area (Å²) < 4.78 is 5.77. The van der Waals surface area contributed by atoms with Gasteiger partial charge in [-0.25, -0.2) is 0 Å². The van der Waals surface area contributed by atoms with E-state index in [-0.39, 0.29) is 6.10 Å². The van der Waals surface area contributed by atoms with Crippen molar-refractivity contribution in [2.24, 2.45) is 0 Å². The highest BCUT2D eigenvalue weighted by atomic mass is 16.5. The molecule has 0 amide bonds. The molecule has 1 aliphatic heterocycles. The fraction of sp³-hybridized carbons (Fsp3) is 0.625. The third kappa shape index (κ3) is 3.26. The first-order valence-corrected chi connectivity index (χ1v) is 7.14. The van der Waals surface area contributed by atoms with E-state index < -0.39 is 0 Å². The fourth-order valence-corrected chi connectivity index (χ4v) is 2.84. The van der Waals surface area contributed by atoms with Gasteiger partial charge < -0.3 is 10.1 Å². The molecule has 2 rings (SSSR count). The molecule has 1 fully saturated rings. The van der Waals surface area contributed by atoms with Gasteiger partial charge in [0.2, 0.25) is 0 Å². The molecule has 1 atom stereocenters. The Balaban J connectivity index is 2.08. The Labute approximate surface area is 111 Å². The van der Waals surface area contributed by atoms with E-state index >= 15 is 0 Å². The van der Waals surface area contributed by atoms with Gasteiger partial charge in [0.1, 0.15) is 5.75 Å². The zero-order valence-electron chi connectivity index (χ0n) is 11.8. The maximum absolute atomic E-state index is 5.77. The first-order chi connectivity index (χ1) is 8.63. The minimum absolute atomic E-state index is 0.241. The van der Waals surface area contributed by atoms with Gasteiger partial charge in [-0.3, -0.25) is 0 Å². The van der Waals surface area contributed by atoms with Crippen LogP contribution in [-0.2, 0) is 6.42 Å². The van der Waals surface area contributed by atoms with Crippen LogP contribution in [0.1, 0.15) is 45.6 Å². The van der Waals surface area contributed by atoms with Crippen molar-refractivity contribution in [3.8, 4) is 5.75 Å². The summed E-state index contributed by atoms with van der Waals surface area (Å²) in [5.74, 6) is 0.992. The summed E-state index contributed by atoms with van der Waals surface area (Å²) in [6.45, 7) is 7.58. The first-order valence-electron chi connectivity index (χ1n) is 7.14. The summed E-state index contributed by atoms with van der Waals surface area (Å²) in [5, 5.41) is 3.69. The minimum atomic E-state index is 0.241. The summed E-state index contributed by atoms with van der Waals surface area (Å²) in [4.78, 5) is 0. The molecule has 2 nitrogen and oxygen atoms in total. The van der Waals surface area contributed by atoms with Crippen LogP contribution in [0.2, 0.25) is 0 Å². The number of hydrogen-bond acceptors (Lipinski definition) is 2. The summed E-state index contributed by atoms with van der Waals surface area (Å²) in [5.41, 5.74) is 1.70. The lowest BCUT2D eigenvalue weighted by Crippen LogP contribution is -2.41. The van der Waals surface area contributed by atoms with Crippen molar-refractivity contribution in [3.05, 3.63) is 29.8 Å². The first kappa shape index (κ1) is 13.4. The highest BCUT2D eigenvalue weighted by Gasteiger charge is 2.31. The van der Waals surface area contributed by atoms with Crippen molar-refractivity contribution in [3.63, 3.8) is 0 Å². The maximum atomic E-state index is 5.77. The van der Waals surface area contributed by atoms with Gasteiger partial charge in [-0.15, -0.1) is 0 Å². The Bertz CT molecular complexity index is 380. The Hall–Kier alpha value is -1.02. The van der Waals surface area contributed by atoms with Gasteiger partial charge in [-0.05, 0) is 63.8 Å². The van der Waals surface area contributed by atoms with Crippen molar-refractivity contribution in [2.75, 3.05) is 6.54 Å². The van der Waals surface area contributed by atoms with Gasteiger partial charge in [0.25, 0.3) is 0 Å². The van der Waals surface area contributed by atoms with Gasteiger partial charge in [-0.1, -0.05) is 19.1 Å². The van der Waals surface area contributed by atoms with Gasteiger partial charge in [-0.2, -0.15) is 0 Å². The largest absolute Gasteiger partial charge is 0.491 e. The molecule has 0 bridgehead atoms. The Morgan fingerprint density at radius 3 is 2.83 bits per heavy atom. The quantitative estimate of drug-likeness (QED) is 0.859. The highest BCUT2D eigenvalue weighted by molar-refractivity contribution is 5.30. The van der Waals surface area contributed by atoms with Crippen LogP contribution in [0.4, 0.5) is 0 Å². The Kier molecular flexibility index (Phi) is 4.28. The predicted octanol–water partition coefficient (Wildman–Crippen LogP) is 3.55. The summed E-state index contributed by atoms with van der Waals surface area (Å²) in [6.07, 6.45) is 5.14. The van der Waals surface area contributed by atoms with Gasteiger partial charge >= 0.3 is 0 Å². The molecule has 0 saturated carbocycles. The normalized spacial score (nSPS) is 23.6. The highest BCUT2D eigenvalue weighted by Crippen LogP contribution is 2.28. The van der Waals surface area contributed by atoms with Crippen LogP contribution in [0.25, 0.3) is 0 Å². The number of rotatable bonds is 5. The van der Waals surface area contributed by atoms with E-state index in [1.165, 1.54) is 24.8 Å². The van der Waals surface area contributed by atoms with Crippen LogP contribution in [-0.4, -0.2) is 18.2 Å². The van der Waals surface area contributed by atoms with Crippen LogP contribution in [0.3, 0.4) is 0 Å². The lowest BCUT2D eigenvalue weighted by molar-refractivity contribution is 0.242. The van der Waals surface area contributed by atoms with Gasteiger partial charge in [0, 0.05) is 5.54 Å². The summed E-state index contributed by atoms with van der Waals surface area (Å²) in [7, 11) is 0. The second-order valence-electron chi connectivity index (χ2n) is 5.66. The SMILES string of the molecule is CCC1(Cc2cccc(OC(C)C)c2)CCCN1. The van der Waals surface area contributed by atoms with Crippen molar-refractivity contribution in [1.82, 2.24) is 5.32 Å². The van der Waals surface area contributed by atoms with Crippen LogP contribution in [0.15, 0.2) is 24.3 Å². The Morgan fingerprint density at radius 2 is 2.22 bits per heavy atom. The monoisotopic (exact) mass is 247 g/mol. The van der Waals surface area contributed by atoms with E-state index in [9.17, 15) is 0 Å². The van der Waals surface area contributed by atoms with E-state index in [4.69, 9.17) is 4.74 Å². The molecule has 2 heteroatoms. The molecular weight excluding hydrogens is 222 g/mol. The van der Waals surface area contributed by atoms with Crippen molar-refractivity contribution >= 4 is 0 Å². The van der Waals surface area contributed by atoms with Crippen LogP contribution < -0.4 is 10.1 Å². The second kappa shape index (κ2) is 5.75. The van der Waals surface area contributed by atoms with Gasteiger partial charge in [0.15, 0.2) is 0 Å². The Morgan fingerprint density at radius 1 is 1.39 bits per heavy atom. The maximum Gasteiger partial charge on any atom is 0.119 e. The molecule has 0 aromatic heterocycles. The number of benzene rings is 1. The topological polar surface area (TPSA) is 21.3 Å². The number of ether oxygens (including phenoxy) is 1. The van der Waals surface area contributed by atoms with E-state index in [0.717, 1.165) is 18.7 Å². The van der Waals surface area contributed by atoms with E-state index in [1.807, 2.05) is 6.07 Å². The summed E-state index contributed by atoms with van der Waals surface area (Å²) in [6, 6.07) is 8.55. The molecule has 0 aliphatic carbocycles. The second-order valence-corrected chi connectivity index (χ2v) is 5.66.